The highest BCUT2D eigenvalue weighted by atomic mass is 16.2. The number of nitrogens with zero attached hydrogens (tertiary/aromatic N) is 2. The molecular formula is C11H18N2O. The van der Waals surface area contributed by atoms with Crippen LogP contribution < -0.4 is 0 Å². The molecule has 0 rings (SSSR count). The van der Waals surface area contributed by atoms with Crippen LogP contribution in [0.1, 0.15) is 26.7 Å². The first-order valence-electron chi connectivity index (χ1n) is 4.73. The van der Waals surface area contributed by atoms with E-state index >= 15 is 0 Å². The molecule has 0 bridgehead atoms. The fourth-order valence-electron chi connectivity index (χ4n) is 1.10. The summed E-state index contributed by atoms with van der Waals surface area (Å²) in [6.07, 6.45) is 3.62. The quantitative estimate of drug-likeness (QED) is 0.496. The lowest BCUT2D eigenvalue weighted by Gasteiger charge is -2.23. The van der Waals surface area contributed by atoms with Crippen molar-refractivity contribution in [3.05, 3.63) is 12.7 Å². The first-order chi connectivity index (χ1) is 6.45. The van der Waals surface area contributed by atoms with Gasteiger partial charge >= 0.3 is 0 Å². The van der Waals surface area contributed by atoms with Gasteiger partial charge in [-0.3, -0.25) is 4.79 Å². The third-order valence-corrected chi connectivity index (χ3v) is 2.06. The highest BCUT2D eigenvalue weighted by Crippen LogP contribution is 2.16. The SMILES string of the molecule is C=CCCCN(C)C(=O)C(C)(C)C#N. The molecule has 0 aliphatic heterocycles. The zero-order valence-electron chi connectivity index (χ0n) is 9.21. The molecule has 0 atom stereocenters. The Balaban J connectivity index is 4.13. The summed E-state index contributed by atoms with van der Waals surface area (Å²) >= 11 is 0. The van der Waals surface area contributed by atoms with Crippen LogP contribution in [0.4, 0.5) is 0 Å². The molecule has 0 fully saturated rings. The summed E-state index contributed by atoms with van der Waals surface area (Å²) in [6, 6.07) is 2.00. The van der Waals surface area contributed by atoms with Crippen molar-refractivity contribution in [2.75, 3.05) is 13.6 Å². The molecule has 3 heteroatoms. The molecule has 0 spiro atoms. The van der Waals surface area contributed by atoms with E-state index < -0.39 is 5.41 Å². The van der Waals surface area contributed by atoms with Gasteiger partial charge in [0.25, 0.3) is 0 Å². The lowest BCUT2D eigenvalue weighted by atomic mass is 9.94. The maximum atomic E-state index is 11.7. The summed E-state index contributed by atoms with van der Waals surface area (Å²) in [5.41, 5.74) is -0.914. The molecule has 0 aliphatic carbocycles. The predicted octanol–water partition coefficient (Wildman–Crippen LogP) is 1.96. The fourth-order valence-corrected chi connectivity index (χ4v) is 1.10. The smallest absolute Gasteiger partial charge is 0.242 e. The van der Waals surface area contributed by atoms with Gasteiger partial charge in [0.2, 0.25) is 5.91 Å². The van der Waals surface area contributed by atoms with Crippen LogP contribution in [-0.2, 0) is 4.79 Å². The Labute approximate surface area is 86.0 Å². The second kappa shape index (κ2) is 5.43. The highest BCUT2D eigenvalue weighted by Gasteiger charge is 2.29. The van der Waals surface area contributed by atoms with Gasteiger partial charge < -0.3 is 4.90 Å². The maximum absolute atomic E-state index is 11.7. The number of carbonyl (C=O) groups is 1. The normalized spacial score (nSPS) is 10.4. The Morgan fingerprint density at radius 1 is 1.64 bits per heavy atom. The van der Waals surface area contributed by atoms with Crippen molar-refractivity contribution in [1.29, 1.82) is 5.26 Å². The second-order valence-electron chi connectivity index (χ2n) is 3.89. The van der Waals surface area contributed by atoms with Crippen LogP contribution in [0.3, 0.4) is 0 Å². The third-order valence-electron chi connectivity index (χ3n) is 2.06. The van der Waals surface area contributed by atoms with E-state index in [0.29, 0.717) is 6.54 Å². The van der Waals surface area contributed by atoms with Crippen LogP contribution in [-0.4, -0.2) is 24.4 Å². The summed E-state index contributed by atoms with van der Waals surface area (Å²) in [6.45, 7) is 7.56. The van der Waals surface area contributed by atoms with Crippen LogP contribution in [0, 0.1) is 16.7 Å². The number of amides is 1. The van der Waals surface area contributed by atoms with Gasteiger partial charge in [-0.05, 0) is 26.7 Å². The number of hydrogen-bond acceptors (Lipinski definition) is 2. The van der Waals surface area contributed by atoms with E-state index in [2.05, 4.69) is 6.58 Å². The number of allylic oxidation sites excluding steroid dienone is 1. The van der Waals surface area contributed by atoms with Gasteiger partial charge in [-0.15, -0.1) is 6.58 Å². The van der Waals surface area contributed by atoms with E-state index in [1.165, 1.54) is 0 Å². The Kier molecular flexibility index (Phi) is 4.93. The van der Waals surface area contributed by atoms with Crippen LogP contribution in [0.2, 0.25) is 0 Å². The van der Waals surface area contributed by atoms with E-state index in [-0.39, 0.29) is 5.91 Å². The minimum absolute atomic E-state index is 0.121. The van der Waals surface area contributed by atoms with Gasteiger partial charge in [0.05, 0.1) is 6.07 Å². The Hall–Kier alpha value is -1.30. The minimum atomic E-state index is -0.914. The molecule has 0 N–H and O–H groups in total. The van der Waals surface area contributed by atoms with Gasteiger partial charge in [-0.1, -0.05) is 6.08 Å². The molecule has 1 amide bonds. The zero-order chi connectivity index (χ0) is 11.2. The Morgan fingerprint density at radius 2 is 2.21 bits per heavy atom. The van der Waals surface area contributed by atoms with E-state index in [1.54, 1.807) is 25.8 Å². The molecule has 0 aromatic rings. The molecule has 0 unspecified atom stereocenters. The van der Waals surface area contributed by atoms with E-state index in [0.717, 1.165) is 12.8 Å². The lowest BCUT2D eigenvalue weighted by molar-refractivity contribution is -0.136. The average molecular weight is 194 g/mol. The van der Waals surface area contributed by atoms with Gasteiger partial charge in [-0.2, -0.15) is 5.26 Å². The Morgan fingerprint density at radius 3 is 2.64 bits per heavy atom. The van der Waals surface area contributed by atoms with Gasteiger partial charge in [-0.25, -0.2) is 0 Å². The number of rotatable bonds is 5. The van der Waals surface area contributed by atoms with Crippen molar-refractivity contribution in [3.63, 3.8) is 0 Å². The van der Waals surface area contributed by atoms with Gasteiger partial charge in [0.1, 0.15) is 5.41 Å². The summed E-state index contributed by atoms with van der Waals surface area (Å²) < 4.78 is 0. The monoisotopic (exact) mass is 194 g/mol. The molecule has 0 saturated heterocycles. The van der Waals surface area contributed by atoms with Crippen LogP contribution in [0.25, 0.3) is 0 Å². The van der Waals surface area contributed by atoms with Gasteiger partial charge in [0, 0.05) is 13.6 Å². The van der Waals surface area contributed by atoms with Crippen molar-refractivity contribution in [1.82, 2.24) is 4.90 Å². The van der Waals surface area contributed by atoms with Crippen LogP contribution in [0.5, 0.6) is 0 Å². The number of nitriles is 1. The summed E-state index contributed by atoms with van der Waals surface area (Å²) in [5.74, 6) is -0.121. The van der Waals surface area contributed by atoms with Crippen LogP contribution in [0.15, 0.2) is 12.7 Å². The third kappa shape index (κ3) is 3.61. The first kappa shape index (κ1) is 12.7. The molecule has 0 aromatic heterocycles. The molecular weight excluding hydrogens is 176 g/mol. The van der Waals surface area contributed by atoms with Crippen molar-refractivity contribution in [2.24, 2.45) is 5.41 Å². The minimum Gasteiger partial charge on any atom is -0.344 e. The molecule has 14 heavy (non-hydrogen) atoms. The summed E-state index contributed by atoms with van der Waals surface area (Å²) in [4.78, 5) is 13.3. The molecule has 0 heterocycles. The van der Waals surface area contributed by atoms with Crippen molar-refractivity contribution in [2.45, 2.75) is 26.7 Å². The fraction of sp³-hybridized carbons (Fsp3) is 0.636. The molecule has 0 saturated carbocycles. The van der Waals surface area contributed by atoms with Crippen molar-refractivity contribution >= 4 is 5.91 Å². The standard InChI is InChI=1S/C11H18N2O/c1-5-6-7-8-13(4)10(14)11(2,3)9-12/h5H,1,6-8H2,2-4H3. The maximum Gasteiger partial charge on any atom is 0.242 e. The zero-order valence-corrected chi connectivity index (χ0v) is 9.21. The molecule has 3 nitrogen and oxygen atoms in total. The summed E-state index contributed by atoms with van der Waals surface area (Å²) in [5, 5.41) is 8.77. The topological polar surface area (TPSA) is 44.1 Å². The van der Waals surface area contributed by atoms with Crippen LogP contribution >= 0.6 is 0 Å². The van der Waals surface area contributed by atoms with Crippen molar-refractivity contribution < 1.29 is 4.79 Å². The molecule has 78 valence electrons. The molecule has 0 radical (unpaired) electrons. The highest BCUT2D eigenvalue weighted by molar-refractivity contribution is 5.84. The molecule has 0 aromatic carbocycles. The van der Waals surface area contributed by atoms with Gasteiger partial charge in [0.15, 0.2) is 0 Å². The lowest BCUT2D eigenvalue weighted by Crippen LogP contribution is -2.38. The largest absolute Gasteiger partial charge is 0.344 e. The molecule has 0 aliphatic rings. The van der Waals surface area contributed by atoms with Crippen molar-refractivity contribution in [3.8, 4) is 6.07 Å². The Bertz CT molecular complexity index is 251. The van der Waals surface area contributed by atoms with E-state index in [1.807, 2.05) is 12.1 Å². The van der Waals surface area contributed by atoms with E-state index in [9.17, 15) is 4.79 Å². The summed E-state index contributed by atoms with van der Waals surface area (Å²) in [7, 11) is 1.73. The number of unbranched alkanes of at least 4 members (excludes halogenated alkanes) is 1. The van der Waals surface area contributed by atoms with E-state index in [4.69, 9.17) is 5.26 Å². The average Bonchev–Trinajstić information content (AvgIpc) is 2.17. The number of carbonyl (C=O) groups excluding carboxylic acids is 1. The number of hydrogen-bond donors (Lipinski definition) is 0. The second-order valence-corrected chi connectivity index (χ2v) is 3.89. The first-order valence-corrected chi connectivity index (χ1v) is 4.73. The predicted molar refractivity (Wildman–Crippen MR) is 56.5 cm³/mol.